The minimum atomic E-state index is -0.102. The lowest BCUT2D eigenvalue weighted by molar-refractivity contribution is 0.0941. The van der Waals surface area contributed by atoms with Gasteiger partial charge in [-0.1, -0.05) is 25.1 Å². The summed E-state index contributed by atoms with van der Waals surface area (Å²) in [6.45, 7) is 4.01. The van der Waals surface area contributed by atoms with Crippen molar-refractivity contribution < 1.29 is 4.79 Å². The Morgan fingerprint density at radius 1 is 1.44 bits per heavy atom. The number of aromatic nitrogens is 1. The van der Waals surface area contributed by atoms with Crippen molar-refractivity contribution in [2.24, 2.45) is 0 Å². The fourth-order valence-corrected chi connectivity index (χ4v) is 1.79. The molecule has 2 rings (SSSR count). The van der Waals surface area contributed by atoms with Crippen LogP contribution in [0.3, 0.4) is 0 Å². The van der Waals surface area contributed by atoms with Crippen molar-refractivity contribution in [2.75, 3.05) is 5.73 Å². The Balaban J connectivity index is 2.46. The summed E-state index contributed by atoms with van der Waals surface area (Å²) < 4.78 is 0. The zero-order valence-corrected chi connectivity index (χ0v) is 10.6. The molecule has 94 valence electrons. The van der Waals surface area contributed by atoms with Crippen LogP contribution in [0, 0.1) is 0 Å². The van der Waals surface area contributed by atoms with Gasteiger partial charge in [0.25, 0.3) is 5.91 Å². The van der Waals surface area contributed by atoms with Crippen molar-refractivity contribution in [1.29, 1.82) is 0 Å². The molecule has 1 aromatic heterocycles. The summed E-state index contributed by atoms with van der Waals surface area (Å²) >= 11 is 0. The molecule has 2 aromatic rings. The topological polar surface area (TPSA) is 68.0 Å². The second kappa shape index (κ2) is 5.04. The molecular formula is C14H17N3O. The highest BCUT2D eigenvalue weighted by Gasteiger charge is 2.13. The van der Waals surface area contributed by atoms with E-state index in [-0.39, 0.29) is 11.9 Å². The average Bonchev–Trinajstić information content (AvgIpc) is 2.37. The summed E-state index contributed by atoms with van der Waals surface area (Å²) in [7, 11) is 0. The van der Waals surface area contributed by atoms with E-state index in [1.807, 2.05) is 38.1 Å². The van der Waals surface area contributed by atoms with Crippen molar-refractivity contribution in [2.45, 2.75) is 26.3 Å². The van der Waals surface area contributed by atoms with E-state index < -0.39 is 0 Å². The maximum atomic E-state index is 12.2. The summed E-state index contributed by atoms with van der Waals surface area (Å²) in [4.78, 5) is 16.4. The number of rotatable bonds is 3. The van der Waals surface area contributed by atoms with E-state index in [2.05, 4.69) is 10.3 Å². The van der Waals surface area contributed by atoms with E-state index in [1.165, 1.54) is 0 Å². The van der Waals surface area contributed by atoms with Crippen molar-refractivity contribution in [3.05, 3.63) is 35.9 Å². The lowest BCUT2D eigenvalue weighted by atomic mass is 10.1. The monoisotopic (exact) mass is 243 g/mol. The summed E-state index contributed by atoms with van der Waals surface area (Å²) in [5.41, 5.74) is 7.06. The van der Waals surface area contributed by atoms with Gasteiger partial charge in [-0.15, -0.1) is 0 Å². The standard InChI is InChI=1S/C14H17N3O/c1-3-9(2)16-14(18)11-8-13(15)17-12-7-5-4-6-10(11)12/h4-9H,3H2,1-2H3,(H2,15,17)(H,16,18). The van der Waals surface area contributed by atoms with Crippen LogP contribution in [0.15, 0.2) is 30.3 Å². The Kier molecular flexibility index (Phi) is 3.46. The van der Waals surface area contributed by atoms with Crippen molar-refractivity contribution in [1.82, 2.24) is 10.3 Å². The SMILES string of the molecule is CCC(C)NC(=O)c1cc(N)nc2ccccc12. The molecule has 0 radical (unpaired) electrons. The number of nitrogens with zero attached hydrogens (tertiary/aromatic N) is 1. The quantitative estimate of drug-likeness (QED) is 0.869. The molecule has 0 aliphatic rings. The first-order chi connectivity index (χ1) is 8.61. The van der Waals surface area contributed by atoms with Crippen LogP contribution < -0.4 is 11.1 Å². The minimum absolute atomic E-state index is 0.102. The van der Waals surface area contributed by atoms with Gasteiger partial charge in [0.2, 0.25) is 0 Å². The maximum absolute atomic E-state index is 12.2. The number of hydrogen-bond acceptors (Lipinski definition) is 3. The summed E-state index contributed by atoms with van der Waals surface area (Å²) in [5, 5.41) is 3.77. The Labute approximate surface area is 106 Å². The second-order valence-corrected chi connectivity index (χ2v) is 4.39. The maximum Gasteiger partial charge on any atom is 0.252 e. The second-order valence-electron chi connectivity index (χ2n) is 4.39. The molecule has 4 heteroatoms. The Hall–Kier alpha value is -2.10. The molecule has 1 atom stereocenters. The van der Waals surface area contributed by atoms with E-state index in [1.54, 1.807) is 6.07 Å². The van der Waals surface area contributed by atoms with Gasteiger partial charge in [-0.25, -0.2) is 4.98 Å². The summed E-state index contributed by atoms with van der Waals surface area (Å²) in [5.74, 6) is 0.262. The summed E-state index contributed by atoms with van der Waals surface area (Å²) in [6, 6.07) is 9.27. The van der Waals surface area contributed by atoms with Crippen LogP contribution in [0.1, 0.15) is 30.6 Å². The molecule has 0 aliphatic heterocycles. The van der Waals surface area contributed by atoms with Crippen LogP contribution in [-0.4, -0.2) is 16.9 Å². The van der Waals surface area contributed by atoms with Gasteiger partial charge in [0, 0.05) is 11.4 Å². The number of carbonyl (C=O) groups is 1. The molecule has 0 saturated heterocycles. The molecule has 3 N–H and O–H groups in total. The van der Waals surface area contributed by atoms with Gasteiger partial charge < -0.3 is 11.1 Å². The lowest BCUT2D eigenvalue weighted by Crippen LogP contribution is -2.32. The van der Waals surface area contributed by atoms with E-state index in [0.29, 0.717) is 11.4 Å². The zero-order valence-electron chi connectivity index (χ0n) is 10.6. The number of anilines is 1. The van der Waals surface area contributed by atoms with Gasteiger partial charge in [-0.3, -0.25) is 4.79 Å². The summed E-state index contributed by atoms with van der Waals surface area (Å²) in [6.07, 6.45) is 0.893. The van der Waals surface area contributed by atoms with Crippen LogP contribution in [0.25, 0.3) is 10.9 Å². The number of nitrogens with two attached hydrogens (primary N) is 1. The third-order valence-corrected chi connectivity index (χ3v) is 2.97. The molecule has 18 heavy (non-hydrogen) atoms. The first kappa shape index (κ1) is 12.4. The molecule has 0 fully saturated rings. The first-order valence-corrected chi connectivity index (χ1v) is 6.08. The Morgan fingerprint density at radius 2 is 2.17 bits per heavy atom. The fourth-order valence-electron chi connectivity index (χ4n) is 1.79. The molecule has 1 unspecified atom stereocenters. The van der Waals surface area contributed by atoms with Crippen molar-refractivity contribution in [3.8, 4) is 0 Å². The Morgan fingerprint density at radius 3 is 2.89 bits per heavy atom. The molecule has 0 spiro atoms. The van der Waals surface area contributed by atoms with Gasteiger partial charge in [0.05, 0.1) is 11.1 Å². The van der Waals surface area contributed by atoms with E-state index in [0.717, 1.165) is 17.3 Å². The van der Waals surface area contributed by atoms with E-state index in [4.69, 9.17) is 5.73 Å². The molecule has 1 aromatic carbocycles. The highest BCUT2D eigenvalue weighted by molar-refractivity contribution is 6.06. The smallest absolute Gasteiger partial charge is 0.252 e. The molecule has 1 heterocycles. The number of nitrogens with one attached hydrogen (secondary N) is 1. The number of hydrogen-bond donors (Lipinski definition) is 2. The van der Waals surface area contributed by atoms with E-state index >= 15 is 0 Å². The van der Waals surface area contributed by atoms with Crippen LogP contribution in [0.4, 0.5) is 5.82 Å². The number of nitrogen functional groups attached to an aromatic ring is 1. The third kappa shape index (κ3) is 2.42. The fraction of sp³-hybridized carbons (Fsp3) is 0.286. The van der Waals surface area contributed by atoms with Gasteiger partial charge in [-0.05, 0) is 25.5 Å². The minimum Gasteiger partial charge on any atom is -0.384 e. The average molecular weight is 243 g/mol. The van der Waals surface area contributed by atoms with Crippen LogP contribution in [0.2, 0.25) is 0 Å². The van der Waals surface area contributed by atoms with Gasteiger partial charge in [-0.2, -0.15) is 0 Å². The highest BCUT2D eigenvalue weighted by atomic mass is 16.1. The van der Waals surface area contributed by atoms with Crippen LogP contribution >= 0.6 is 0 Å². The highest BCUT2D eigenvalue weighted by Crippen LogP contribution is 2.19. The number of carbonyl (C=O) groups excluding carboxylic acids is 1. The molecule has 0 bridgehead atoms. The lowest BCUT2D eigenvalue weighted by Gasteiger charge is -2.13. The van der Waals surface area contributed by atoms with Gasteiger partial charge >= 0.3 is 0 Å². The van der Waals surface area contributed by atoms with Gasteiger partial charge in [0.15, 0.2) is 0 Å². The van der Waals surface area contributed by atoms with E-state index in [9.17, 15) is 4.79 Å². The molecule has 0 aliphatic carbocycles. The predicted octanol–water partition coefficient (Wildman–Crippen LogP) is 2.35. The van der Waals surface area contributed by atoms with Crippen LogP contribution in [0.5, 0.6) is 0 Å². The predicted molar refractivity (Wildman–Crippen MR) is 73.4 cm³/mol. The third-order valence-electron chi connectivity index (χ3n) is 2.97. The van der Waals surface area contributed by atoms with Gasteiger partial charge in [0.1, 0.15) is 5.82 Å². The number of pyridine rings is 1. The normalized spacial score (nSPS) is 12.3. The molecule has 4 nitrogen and oxygen atoms in total. The first-order valence-electron chi connectivity index (χ1n) is 6.08. The largest absolute Gasteiger partial charge is 0.384 e. The molecule has 0 saturated carbocycles. The van der Waals surface area contributed by atoms with Crippen molar-refractivity contribution in [3.63, 3.8) is 0 Å². The molecule has 1 amide bonds. The number of fused-ring (bicyclic) bond motifs is 1. The van der Waals surface area contributed by atoms with Crippen molar-refractivity contribution >= 4 is 22.6 Å². The Bertz CT molecular complexity index is 580. The van der Waals surface area contributed by atoms with Crippen LogP contribution in [-0.2, 0) is 0 Å². The number of benzene rings is 1. The number of para-hydroxylation sites is 1. The zero-order chi connectivity index (χ0) is 13.1. The molecular weight excluding hydrogens is 226 g/mol. The number of amides is 1.